The molecule has 0 radical (unpaired) electrons. The fourth-order valence-corrected chi connectivity index (χ4v) is 3.34. The quantitative estimate of drug-likeness (QED) is 0.476. The maximum absolute atomic E-state index is 12.7. The first-order valence-corrected chi connectivity index (χ1v) is 9.93. The van der Waals surface area contributed by atoms with Gasteiger partial charge in [0.1, 0.15) is 16.9 Å². The lowest BCUT2D eigenvalue weighted by Crippen LogP contribution is -2.38. The first-order valence-electron chi connectivity index (χ1n) is 9.93. The van der Waals surface area contributed by atoms with E-state index in [0.717, 1.165) is 17.5 Å². The Hall–Kier alpha value is -3.65. The van der Waals surface area contributed by atoms with Crippen molar-refractivity contribution in [1.29, 1.82) is 0 Å². The van der Waals surface area contributed by atoms with Crippen molar-refractivity contribution in [3.63, 3.8) is 0 Å². The first-order chi connectivity index (χ1) is 14.8. The van der Waals surface area contributed by atoms with E-state index in [2.05, 4.69) is 5.32 Å². The Kier molecular flexibility index (Phi) is 6.71. The van der Waals surface area contributed by atoms with Crippen LogP contribution in [0.25, 0.3) is 11.0 Å². The van der Waals surface area contributed by atoms with Crippen LogP contribution in [-0.4, -0.2) is 25.0 Å². The second-order valence-electron chi connectivity index (χ2n) is 7.23. The van der Waals surface area contributed by atoms with E-state index in [1.54, 1.807) is 43.5 Å². The van der Waals surface area contributed by atoms with Crippen LogP contribution in [0, 0.1) is 0 Å². The summed E-state index contributed by atoms with van der Waals surface area (Å²) in [5, 5.41) is 3.33. The summed E-state index contributed by atoms with van der Waals surface area (Å²) < 4.78 is 10.9. The first kappa shape index (κ1) is 22.0. The molecule has 0 aliphatic carbocycles. The van der Waals surface area contributed by atoms with Gasteiger partial charge in [-0.3, -0.25) is 9.59 Å². The number of nitrogens with two attached hydrogens (primary N) is 2. The fourth-order valence-electron chi connectivity index (χ4n) is 3.34. The van der Waals surface area contributed by atoms with Crippen LogP contribution in [0.5, 0.6) is 5.75 Å². The van der Waals surface area contributed by atoms with Crippen molar-refractivity contribution in [2.45, 2.75) is 32.2 Å². The zero-order valence-electron chi connectivity index (χ0n) is 17.4. The minimum Gasteiger partial charge on any atom is -0.496 e. The molecule has 0 unspecified atom stereocenters. The van der Waals surface area contributed by atoms with E-state index in [1.807, 2.05) is 6.92 Å². The van der Waals surface area contributed by atoms with Crippen molar-refractivity contribution in [3.8, 4) is 5.75 Å². The molecule has 0 spiro atoms. The van der Waals surface area contributed by atoms with Crippen LogP contribution >= 0.6 is 0 Å². The molecule has 2 aromatic carbocycles. The van der Waals surface area contributed by atoms with Crippen molar-refractivity contribution in [3.05, 3.63) is 69.6 Å². The minimum atomic E-state index is -0.779. The largest absolute Gasteiger partial charge is 0.496 e. The van der Waals surface area contributed by atoms with Gasteiger partial charge in [0.25, 0.3) is 5.91 Å². The number of benzene rings is 2. The van der Waals surface area contributed by atoms with Crippen LogP contribution in [0.3, 0.4) is 0 Å². The SMILES string of the molecule is CCCc1c(OC)ccc2cc(C(=O)Nc3ccc(C[C@@H](N)C(N)=O)cc3)c(=O)oc12. The Morgan fingerprint density at radius 2 is 1.87 bits per heavy atom. The zero-order chi connectivity index (χ0) is 22.5. The number of ether oxygens (including phenoxy) is 1. The number of anilines is 1. The van der Waals surface area contributed by atoms with E-state index in [1.165, 1.54) is 6.07 Å². The molecule has 0 saturated heterocycles. The van der Waals surface area contributed by atoms with Gasteiger partial charge < -0.3 is 25.9 Å². The molecule has 31 heavy (non-hydrogen) atoms. The van der Waals surface area contributed by atoms with Crippen molar-refractivity contribution < 1.29 is 18.7 Å². The topological polar surface area (TPSA) is 138 Å². The Morgan fingerprint density at radius 3 is 2.48 bits per heavy atom. The predicted octanol–water partition coefficient (Wildman–Crippen LogP) is 2.36. The summed E-state index contributed by atoms with van der Waals surface area (Å²) in [6, 6.07) is 11.1. The van der Waals surface area contributed by atoms with Gasteiger partial charge in [-0.2, -0.15) is 0 Å². The van der Waals surface area contributed by atoms with Gasteiger partial charge >= 0.3 is 5.63 Å². The van der Waals surface area contributed by atoms with E-state index in [0.29, 0.717) is 35.2 Å². The number of methoxy groups -OCH3 is 1. The lowest BCUT2D eigenvalue weighted by molar-refractivity contribution is -0.119. The van der Waals surface area contributed by atoms with Crippen LogP contribution in [0.4, 0.5) is 5.69 Å². The van der Waals surface area contributed by atoms with Gasteiger partial charge in [0.15, 0.2) is 0 Å². The van der Waals surface area contributed by atoms with Crippen LogP contribution in [-0.2, 0) is 17.6 Å². The van der Waals surface area contributed by atoms with Crippen molar-refractivity contribution in [1.82, 2.24) is 0 Å². The molecular weight excluding hydrogens is 398 g/mol. The number of fused-ring (bicyclic) bond motifs is 1. The van der Waals surface area contributed by atoms with Crippen LogP contribution in [0.15, 0.2) is 51.7 Å². The number of aryl methyl sites for hydroxylation is 1. The number of nitrogens with one attached hydrogen (secondary N) is 1. The van der Waals surface area contributed by atoms with E-state index < -0.39 is 23.5 Å². The zero-order valence-corrected chi connectivity index (χ0v) is 17.4. The van der Waals surface area contributed by atoms with E-state index >= 15 is 0 Å². The number of rotatable bonds is 8. The Bertz CT molecular complexity index is 1170. The molecule has 0 aliphatic rings. The van der Waals surface area contributed by atoms with Gasteiger partial charge in [0.2, 0.25) is 5.91 Å². The molecule has 2 amide bonds. The standard InChI is InChI=1S/C23H25N3O5/c1-3-4-16-19(30-2)10-7-14-12-17(23(29)31-20(14)16)22(28)26-15-8-5-13(6-9-15)11-18(24)21(25)27/h5-10,12,18H,3-4,11,24H2,1-2H3,(H2,25,27)(H,26,28)/t18-/m1/s1. The van der Waals surface area contributed by atoms with E-state index in [-0.39, 0.29) is 5.56 Å². The highest BCUT2D eigenvalue weighted by Crippen LogP contribution is 2.29. The number of hydrogen-bond donors (Lipinski definition) is 3. The van der Waals surface area contributed by atoms with Gasteiger partial charge in [0, 0.05) is 16.6 Å². The summed E-state index contributed by atoms with van der Waals surface area (Å²) in [5.41, 5.74) is 12.5. The fraction of sp³-hybridized carbons (Fsp3) is 0.261. The summed E-state index contributed by atoms with van der Waals surface area (Å²) in [6.45, 7) is 2.02. The van der Waals surface area contributed by atoms with Crippen molar-refractivity contribution >= 4 is 28.5 Å². The highest BCUT2D eigenvalue weighted by Gasteiger charge is 2.18. The van der Waals surface area contributed by atoms with Crippen LogP contribution < -0.4 is 27.1 Å². The third-order valence-electron chi connectivity index (χ3n) is 4.96. The Labute approximate surface area is 179 Å². The van der Waals surface area contributed by atoms with E-state index in [4.69, 9.17) is 20.6 Å². The third-order valence-corrected chi connectivity index (χ3v) is 4.96. The third kappa shape index (κ3) is 4.92. The van der Waals surface area contributed by atoms with Gasteiger partial charge in [-0.05, 0) is 48.7 Å². The molecule has 1 heterocycles. The summed E-state index contributed by atoms with van der Waals surface area (Å²) in [7, 11) is 1.56. The number of hydrogen-bond acceptors (Lipinski definition) is 6. The molecule has 3 rings (SSSR count). The van der Waals surface area contributed by atoms with Gasteiger partial charge in [-0.1, -0.05) is 25.5 Å². The minimum absolute atomic E-state index is 0.0973. The van der Waals surface area contributed by atoms with Gasteiger partial charge in [-0.15, -0.1) is 0 Å². The molecule has 8 heteroatoms. The highest BCUT2D eigenvalue weighted by molar-refractivity contribution is 6.05. The molecule has 1 aromatic heterocycles. The molecule has 5 N–H and O–H groups in total. The maximum atomic E-state index is 12.7. The molecule has 162 valence electrons. The average Bonchev–Trinajstić information content (AvgIpc) is 2.75. The second kappa shape index (κ2) is 9.44. The molecule has 1 atom stereocenters. The summed E-state index contributed by atoms with van der Waals surface area (Å²) in [6.07, 6.45) is 1.82. The summed E-state index contributed by atoms with van der Waals surface area (Å²) >= 11 is 0. The predicted molar refractivity (Wildman–Crippen MR) is 118 cm³/mol. The van der Waals surface area contributed by atoms with Gasteiger partial charge in [0.05, 0.1) is 13.2 Å². The summed E-state index contributed by atoms with van der Waals surface area (Å²) in [5.74, 6) is -0.518. The smallest absolute Gasteiger partial charge is 0.349 e. The Morgan fingerprint density at radius 1 is 1.16 bits per heavy atom. The van der Waals surface area contributed by atoms with Crippen molar-refractivity contribution in [2.75, 3.05) is 12.4 Å². The van der Waals surface area contributed by atoms with Gasteiger partial charge in [-0.25, -0.2) is 4.79 Å². The maximum Gasteiger partial charge on any atom is 0.349 e. The van der Waals surface area contributed by atoms with E-state index in [9.17, 15) is 14.4 Å². The average molecular weight is 423 g/mol. The highest BCUT2D eigenvalue weighted by atomic mass is 16.5. The number of primary amides is 1. The lowest BCUT2D eigenvalue weighted by atomic mass is 10.0. The lowest BCUT2D eigenvalue weighted by Gasteiger charge is -2.11. The Balaban J connectivity index is 1.85. The number of amides is 2. The number of carbonyl (C=O) groups excluding carboxylic acids is 2. The number of carbonyl (C=O) groups is 2. The molecule has 0 saturated carbocycles. The monoisotopic (exact) mass is 423 g/mol. The second-order valence-corrected chi connectivity index (χ2v) is 7.23. The molecular formula is C23H25N3O5. The van der Waals surface area contributed by atoms with Crippen LogP contribution in [0.2, 0.25) is 0 Å². The summed E-state index contributed by atoms with van der Waals surface area (Å²) in [4.78, 5) is 36.3. The molecule has 0 fully saturated rings. The molecule has 0 aliphatic heterocycles. The molecule has 8 nitrogen and oxygen atoms in total. The molecule has 0 bridgehead atoms. The van der Waals surface area contributed by atoms with Crippen molar-refractivity contribution in [2.24, 2.45) is 11.5 Å². The molecule has 3 aromatic rings. The normalized spacial score (nSPS) is 11.8. The van der Waals surface area contributed by atoms with Crippen LogP contribution in [0.1, 0.15) is 34.8 Å².